The van der Waals surface area contributed by atoms with Crippen LogP contribution in [0.2, 0.25) is 0 Å². The van der Waals surface area contributed by atoms with Gasteiger partial charge in [-0.05, 0) is 42.0 Å². The van der Waals surface area contributed by atoms with Gasteiger partial charge in [0.25, 0.3) is 0 Å². The second-order valence-corrected chi connectivity index (χ2v) is 6.05. The molecule has 0 bridgehead atoms. The number of benzene rings is 2. The monoisotopic (exact) mass is 343 g/mol. The fourth-order valence-corrected chi connectivity index (χ4v) is 2.71. The first-order valence-corrected chi connectivity index (χ1v) is 7.43. The molecule has 19 heavy (non-hydrogen) atoms. The molecule has 1 nitrogen and oxygen atoms in total. The van der Waals surface area contributed by atoms with E-state index in [0.717, 1.165) is 21.5 Å². The van der Waals surface area contributed by atoms with Crippen molar-refractivity contribution >= 4 is 27.7 Å². The van der Waals surface area contributed by atoms with Gasteiger partial charge in [0.1, 0.15) is 0 Å². The maximum atomic E-state index is 13.1. The Morgan fingerprint density at radius 2 is 1.74 bits per heavy atom. The van der Waals surface area contributed by atoms with Crippen molar-refractivity contribution in [1.82, 2.24) is 0 Å². The van der Waals surface area contributed by atoms with Crippen LogP contribution in [0.1, 0.15) is 11.6 Å². The van der Waals surface area contributed by atoms with Gasteiger partial charge in [-0.2, -0.15) is 0 Å². The van der Waals surface area contributed by atoms with E-state index in [1.165, 1.54) is 6.07 Å². The molecule has 0 aromatic heterocycles. The lowest BCUT2D eigenvalue weighted by atomic mass is 10.1. The minimum absolute atomic E-state index is 0.330. The fraction of sp³-hybridized carbons (Fsp3) is 0.143. The molecule has 0 radical (unpaired) electrons. The van der Waals surface area contributed by atoms with Gasteiger partial charge in [0.05, 0.1) is 0 Å². The largest absolute Gasteiger partial charge is 0.323 e. The molecule has 2 aromatic carbocycles. The average molecular weight is 344 g/mol. The minimum Gasteiger partial charge on any atom is -0.323 e. The highest BCUT2D eigenvalue weighted by Gasteiger charge is 2.10. The molecule has 0 aliphatic rings. The molecule has 0 aliphatic heterocycles. The lowest BCUT2D eigenvalue weighted by Crippen LogP contribution is -2.13. The van der Waals surface area contributed by atoms with Crippen LogP contribution in [-0.2, 0) is 0 Å². The Bertz CT molecular complexity index is 560. The van der Waals surface area contributed by atoms with Crippen molar-refractivity contribution in [3.8, 4) is 0 Å². The molecule has 0 aliphatic carbocycles. The van der Waals surface area contributed by atoms with E-state index in [4.69, 9.17) is 5.73 Å². The van der Waals surface area contributed by atoms with E-state index >= 15 is 0 Å². The molecule has 0 heterocycles. The standard InChI is InChI=1S/C14H12BrF2NS/c15-10-2-4-11(5-3-10)19-8-14(18)9-1-6-12(16)13(17)7-9/h1-7,14H,8,18H2. The SMILES string of the molecule is NC(CSc1ccc(Br)cc1)c1ccc(F)c(F)c1. The smallest absolute Gasteiger partial charge is 0.159 e. The van der Waals surface area contributed by atoms with E-state index < -0.39 is 11.6 Å². The normalized spacial score (nSPS) is 12.4. The molecule has 0 spiro atoms. The molecular weight excluding hydrogens is 332 g/mol. The van der Waals surface area contributed by atoms with Crippen molar-refractivity contribution in [3.05, 3.63) is 64.1 Å². The van der Waals surface area contributed by atoms with Crippen LogP contribution in [0.15, 0.2) is 51.8 Å². The average Bonchev–Trinajstić information content (AvgIpc) is 2.41. The molecule has 0 fully saturated rings. The Balaban J connectivity index is 1.98. The molecule has 100 valence electrons. The van der Waals surface area contributed by atoms with Crippen LogP contribution in [0.4, 0.5) is 8.78 Å². The third-order valence-electron chi connectivity index (χ3n) is 2.62. The molecular formula is C14H12BrF2NS. The first-order valence-electron chi connectivity index (χ1n) is 5.65. The van der Waals surface area contributed by atoms with Gasteiger partial charge >= 0.3 is 0 Å². The van der Waals surface area contributed by atoms with E-state index in [2.05, 4.69) is 15.9 Å². The van der Waals surface area contributed by atoms with Gasteiger partial charge in [-0.15, -0.1) is 11.8 Å². The highest BCUT2D eigenvalue weighted by Crippen LogP contribution is 2.25. The van der Waals surface area contributed by atoms with E-state index in [0.29, 0.717) is 11.3 Å². The number of hydrogen-bond acceptors (Lipinski definition) is 2. The highest BCUT2D eigenvalue weighted by molar-refractivity contribution is 9.10. The van der Waals surface area contributed by atoms with E-state index in [-0.39, 0.29) is 6.04 Å². The predicted octanol–water partition coefficient (Wildman–Crippen LogP) is 4.52. The van der Waals surface area contributed by atoms with E-state index in [1.54, 1.807) is 11.8 Å². The molecule has 0 amide bonds. The first-order chi connectivity index (χ1) is 9.06. The lowest BCUT2D eigenvalue weighted by Gasteiger charge is -2.12. The first kappa shape index (κ1) is 14.5. The summed E-state index contributed by atoms with van der Waals surface area (Å²) in [6.45, 7) is 0. The number of thioether (sulfide) groups is 1. The van der Waals surface area contributed by atoms with Crippen molar-refractivity contribution in [2.75, 3.05) is 5.75 Å². The van der Waals surface area contributed by atoms with Gasteiger partial charge < -0.3 is 5.73 Å². The summed E-state index contributed by atoms with van der Waals surface area (Å²) in [6.07, 6.45) is 0. The molecule has 0 saturated carbocycles. The summed E-state index contributed by atoms with van der Waals surface area (Å²) in [4.78, 5) is 1.08. The summed E-state index contributed by atoms with van der Waals surface area (Å²) in [6, 6.07) is 11.3. The van der Waals surface area contributed by atoms with Crippen LogP contribution < -0.4 is 5.73 Å². The third kappa shape index (κ3) is 4.03. The quantitative estimate of drug-likeness (QED) is 0.826. The zero-order chi connectivity index (χ0) is 13.8. The van der Waals surface area contributed by atoms with Gasteiger partial charge in [0.2, 0.25) is 0 Å². The maximum absolute atomic E-state index is 13.1. The molecule has 1 unspecified atom stereocenters. The van der Waals surface area contributed by atoms with Gasteiger partial charge in [-0.25, -0.2) is 8.78 Å². The number of nitrogens with two attached hydrogens (primary N) is 1. The minimum atomic E-state index is -0.860. The zero-order valence-electron chi connectivity index (χ0n) is 9.95. The van der Waals surface area contributed by atoms with Crippen LogP contribution in [0.3, 0.4) is 0 Å². The van der Waals surface area contributed by atoms with Gasteiger partial charge in [-0.3, -0.25) is 0 Å². The topological polar surface area (TPSA) is 26.0 Å². The number of hydrogen-bond donors (Lipinski definition) is 1. The summed E-state index contributed by atoms with van der Waals surface area (Å²) in [5.74, 6) is -1.11. The summed E-state index contributed by atoms with van der Waals surface area (Å²) >= 11 is 4.95. The third-order valence-corrected chi connectivity index (χ3v) is 4.27. The van der Waals surface area contributed by atoms with E-state index in [9.17, 15) is 8.78 Å². The Labute approximate surface area is 123 Å². The second-order valence-electron chi connectivity index (χ2n) is 4.04. The lowest BCUT2D eigenvalue weighted by molar-refractivity contribution is 0.506. The molecule has 2 N–H and O–H groups in total. The Kier molecular flexibility index (Phi) is 4.96. The molecule has 2 rings (SSSR count). The summed E-state index contributed by atoms with van der Waals surface area (Å²) in [5.41, 5.74) is 6.57. The van der Waals surface area contributed by atoms with Crippen LogP contribution in [0.25, 0.3) is 0 Å². The maximum Gasteiger partial charge on any atom is 0.159 e. The Hall–Kier alpha value is -0.910. The van der Waals surface area contributed by atoms with Crippen molar-refractivity contribution in [2.45, 2.75) is 10.9 Å². The van der Waals surface area contributed by atoms with E-state index in [1.807, 2.05) is 24.3 Å². The molecule has 1 atom stereocenters. The number of rotatable bonds is 4. The van der Waals surface area contributed by atoms with Gasteiger partial charge in [0.15, 0.2) is 11.6 Å². The zero-order valence-corrected chi connectivity index (χ0v) is 12.3. The summed E-state index contributed by atoms with van der Waals surface area (Å²) in [7, 11) is 0. The molecule has 0 saturated heterocycles. The van der Waals surface area contributed by atoms with Gasteiger partial charge in [0, 0.05) is 21.2 Å². The van der Waals surface area contributed by atoms with Crippen LogP contribution in [-0.4, -0.2) is 5.75 Å². The Morgan fingerprint density at radius 1 is 1.05 bits per heavy atom. The van der Waals surface area contributed by atoms with Crippen molar-refractivity contribution in [1.29, 1.82) is 0 Å². The van der Waals surface area contributed by atoms with Crippen molar-refractivity contribution < 1.29 is 8.78 Å². The van der Waals surface area contributed by atoms with Gasteiger partial charge in [-0.1, -0.05) is 22.0 Å². The fourth-order valence-electron chi connectivity index (χ4n) is 1.56. The second kappa shape index (κ2) is 6.50. The molecule has 2 aromatic rings. The molecule has 5 heteroatoms. The van der Waals surface area contributed by atoms with Crippen molar-refractivity contribution in [2.24, 2.45) is 5.73 Å². The van der Waals surface area contributed by atoms with Crippen LogP contribution in [0, 0.1) is 11.6 Å². The van der Waals surface area contributed by atoms with Crippen LogP contribution >= 0.6 is 27.7 Å². The Morgan fingerprint density at radius 3 is 2.37 bits per heavy atom. The summed E-state index contributed by atoms with van der Waals surface area (Å²) in [5, 5.41) is 0. The van der Waals surface area contributed by atoms with Crippen LogP contribution in [0.5, 0.6) is 0 Å². The highest BCUT2D eigenvalue weighted by atomic mass is 79.9. The summed E-state index contributed by atoms with van der Waals surface area (Å²) < 4.78 is 26.9. The number of halogens is 3. The van der Waals surface area contributed by atoms with Crippen molar-refractivity contribution in [3.63, 3.8) is 0 Å². The predicted molar refractivity (Wildman–Crippen MR) is 78.2 cm³/mol.